The summed E-state index contributed by atoms with van der Waals surface area (Å²) in [6.07, 6.45) is 1.41. The van der Waals surface area contributed by atoms with Gasteiger partial charge in [-0.15, -0.1) is 0 Å². The van der Waals surface area contributed by atoms with Crippen LogP contribution in [0.1, 0.15) is 38.8 Å². The average molecular weight is 486 g/mol. The van der Waals surface area contributed by atoms with Gasteiger partial charge in [-0.25, -0.2) is 9.78 Å². The fraction of sp³-hybridized carbons (Fsp3) is 0.650. The van der Waals surface area contributed by atoms with Gasteiger partial charge in [0.05, 0.1) is 18.5 Å². The van der Waals surface area contributed by atoms with Crippen molar-refractivity contribution in [2.24, 2.45) is 11.5 Å². The van der Waals surface area contributed by atoms with Crippen LogP contribution in [0.3, 0.4) is 0 Å². The lowest BCUT2D eigenvalue weighted by Crippen LogP contribution is -2.59. The third-order valence-corrected chi connectivity index (χ3v) is 5.06. The molecule has 192 valence electrons. The number of carbonyl (C=O) groups excluding carboxylic acids is 3. The molecule has 0 saturated heterocycles. The number of carbonyl (C=O) groups is 4. The van der Waals surface area contributed by atoms with Gasteiger partial charge in [-0.05, 0) is 39.7 Å². The van der Waals surface area contributed by atoms with Crippen molar-refractivity contribution in [3.63, 3.8) is 0 Å². The highest BCUT2D eigenvalue weighted by molar-refractivity contribution is 5.94. The van der Waals surface area contributed by atoms with Crippen molar-refractivity contribution in [1.29, 1.82) is 0 Å². The lowest BCUT2D eigenvalue weighted by Gasteiger charge is -2.26. The van der Waals surface area contributed by atoms with E-state index >= 15 is 0 Å². The Kier molecular flexibility index (Phi) is 12.1. The highest BCUT2D eigenvalue weighted by Gasteiger charge is 2.32. The predicted octanol–water partition coefficient (Wildman–Crippen LogP) is -3.29. The number of aromatic nitrogens is 2. The highest BCUT2D eigenvalue weighted by Crippen LogP contribution is 2.06. The Bertz CT molecular complexity index is 801. The number of hydrogen-bond donors (Lipinski definition) is 9. The second kappa shape index (κ2) is 14.2. The molecule has 6 atom stereocenters. The number of H-pyrrole nitrogens is 1. The van der Waals surface area contributed by atoms with E-state index < -0.39 is 60.1 Å². The summed E-state index contributed by atoms with van der Waals surface area (Å²) in [4.78, 5) is 56.2. The van der Waals surface area contributed by atoms with Crippen molar-refractivity contribution in [2.45, 2.75) is 75.9 Å². The van der Waals surface area contributed by atoms with Crippen molar-refractivity contribution in [2.75, 3.05) is 6.54 Å². The topological polar surface area (TPSA) is 246 Å². The van der Waals surface area contributed by atoms with E-state index in [-0.39, 0.29) is 12.8 Å². The molecule has 3 amide bonds. The monoisotopic (exact) mass is 485 g/mol. The van der Waals surface area contributed by atoms with Crippen LogP contribution in [-0.4, -0.2) is 91.9 Å². The van der Waals surface area contributed by atoms with Gasteiger partial charge in [0, 0.05) is 18.3 Å². The Morgan fingerprint density at radius 3 is 2.12 bits per heavy atom. The molecule has 0 fully saturated rings. The largest absolute Gasteiger partial charge is 0.480 e. The van der Waals surface area contributed by atoms with Crippen molar-refractivity contribution >= 4 is 23.7 Å². The third kappa shape index (κ3) is 9.43. The number of aliphatic carboxylic acids is 1. The maximum Gasteiger partial charge on any atom is 0.328 e. The number of aliphatic hydroxyl groups is 2. The molecule has 0 saturated carbocycles. The molecule has 1 rings (SSSR count). The molecule has 0 aromatic carbocycles. The molecule has 0 radical (unpaired) electrons. The van der Waals surface area contributed by atoms with Crippen molar-refractivity contribution in [3.05, 3.63) is 18.2 Å². The Morgan fingerprint density at radius 1 is 1.00 bits per heavy atom. The molecule has 1 heterocycles. The summed E-state index contributed by atoms with van der Waals surface area (Å²) in [6.45, 7) is 2.89. The zero-order chi connectivity index (χ0) is 25.8. The van der Waals surface area contributed by atoms with Crippen LogP contribution < -0.4 is 27.4 Å². The van der Waals surface area contributed by atoms with E-state index in [1.807, 2.05) is 0 Å². The second-order valence-electron chi connectivity index (χ2n) is 8.02. The van der Waals surface area contributed by atoms with E-state index in [9.17, 15) is 34.5 Å². The summed E-state index contributed by atoms with van der Waals surface area (Å²) < 4.78 is 0. The van der Waals surface area contributed by atoms with Crippen LogP contribution in [0.25, 0.3) is 0 Å². The molecule has 0 aliphatic heterocycles. The van der Waals surface area contributed by atoms with Gasteiger partial charge < -0.3 is 47.7 Å². The molecule has 14 nitrogen and oxygen atoms in total. The van der Waals surface area contributed by atoms with Gasteiger partial charge >= 0.3 is 5.97 Å². The number of nitrogens with zero attached hydrogens (tertiary/aromatic N) is 1. The van der Waals surface area contributed by atoms with E-state index in [4.69, 9.17) is 11.5 Å². The number of aromatic amines is 1. The molecule has 34 heavy (non-hydrogen) atoms. The Hall–Kier alpha value is -3.07. The molecule has 0 aliphatic rings. The summed E-state index contributed by atoms with van der Waals surface area (Å²) in [5.74, 6) is -3.77. The summed E-state index contributed by atoms with van der Waals surface area (Å²) in [6, 6.07) is -5.21. The Labute approximate surface area is 196 Å². The van der Waals surface area contributed by atoms with E-state index in [1.165, 1.54) is 26.4 Å². The smallest absolute Gasteiger partial charge is 0.328 e. The van der Waals surface area contributed by atoms with Crippen molar-refractivity contribution < 1.29 is 34.5 Å². The molecule has 6 unspecified atom stereocenters. The molecular formula is C20H35N7O7. The number of hydrogen-bond acceptors (Lipinski definition) is 9. The van der Waals surface area contributed by atoms with Crippen LogP contribution in [0.2, 0.25) is 0 Å². The summed E-state index contributed by atoms with van der Waals surface area (Å²) in [7, 11) is 0. The zero-order valence-corrected chi connectivity index (χ0v) is 19.2. The first kappa shape index (κ1) is 29.0. The van der Waals surface area contributed by atoms with E-state index in [2.05, 4.69) is 25.9 Å². The number of imidazole rings is 1. The van der Waals surface area contributed by atoms with Crippen LogP contribution in [-0.2, 0) is 25.6 Å². The van der Waals surface area contributed by atoms with Crippen LogP contribution in [0.4, 0.5) is 0 Å². The summed E-state index contributed by atoms with van der Waals surface area (Å²) in [5, 5.41) is 35.7. The van der Waals surface area contributed by atoms with Crippen LogP contribution in [0, 0.1) is 0 Å². The van der Waals surface area contributed by atoms with Crippen LogP contribution in [0.5, 0.6) is 0 Å². The molecule has 0 bridgehead atoms. The zero-order valence-electron chi connectivity index (χ0n) is 19.2. The first-order valence-electron chi connectivity index (χ1n) is 10.9. The first-order chi connectivity index (χ1) is 16.0. The van der Waals surface area contributed by atoms with Gasteiger partial charge in [0.2, 0.25) is 17.7 Å². The first-order valence-corrected chi connectivity index (χ1v) is 10.9. The Morgan fingerprint density at radius 2 is 1.62 bits per heavy atom. The number of unbranched alkanes of at least 4 members (excludes halogenated alkanes) is 1. The van der Waals surface area contributed by atoms with Gasteiger partial charge in [-0.1, -0.05) is 0 Å². The van der Waals surface area contributed by atoms with E-state index in [1.54, 1.807) is 0 Å². The lowest BCUT2D eigenvalue weighted by atomic mass is 10.0. The quantitative estimate of drug-likeness (QED) is 0.112. The minimum absolute atomic E-state index is 0.0212. The number of nitrogens with one attached hydrogen (secondary N) is 4. The SMILES string of the molecule is CC(O)C(N)C(=O)NC(Cc1cnc[nH]1)C(=O)NC(CCCCN)C(=O)NC(C(=O)O)C(C)O. The van der Waals surface area contributed by atoms with Crippen molar-refractivity contribution in [1.82, 2.24) is 25.9 Å². The fourth-order valence-corrected chi connectivity index (χ4v) is 2.99. The van der Waals surface area contributed by atoms with Crippen LogP contribution in [0.15, 0.2) is 12.5 Å². The van der Waals surface area contributed by atoms with Gasteiger partial charge in [0.25, 0.3) is 0 Å². The van der Waals surface area contributed by atoms with Gasteiger partial charge in [-0.2, -0.15) is 0 Å². The van der Waals surface area contributed by atoms with Gasteiger partial charge in [-0.3, -0.25) is 14.4 Å². The number of carboxylic acids is 1. The number of nitrogens with two attached hydrogens (primary N) is 2. The van der Waals surface area contributed by atoms with E-state index in [0.29, 0.717) is 25.1 Å². The minimum atomic E-state index is -1.58. The molecule has 14 heteroatoms. The fourth-order valence-electron chi connectivity index (χ4n) is 2.99. The predicted molar refractivity (Wildman–Crippen MR) is 120 cm³/mol. The van der Waals surface area contributed by atoms with Crippen LogP contribution >= 0.6 is 0 Å². The van der Waals surface area contributed by atoms with Gasteiger partial charge in [0.1, 0.15) is 18.1 Å². The number of rotatable bonds is 15. The van der Waals surface area contributed by atoms with Crippen molar-refractivity contribution in [3.8, 4) is 0 Å². The average Bonchev–Trinajstić information content (AvgIpc) is 3.28. The third-order valence-electron chi connectivity index (χ3n) is 5.06. The Balaban J connectivity index is 3.05. The summed E-state index contributed by atoms with van der Waals surface area (Å²) in [5.41, 5.74) is 11.7. The molecule has 0 aliphatic carbocycles. The van der Waals surface area contributed by atoms with Gasteiger partial charge in [0.15, 0.2) is 6.04 Å². The number of amides is 3. The molecule has 1 aromatic rings. The second-order valence-corrected chi connectivity index (χ2v) is 8.02. The highest BCUT2D eigenvalue weighted by atomic mass is 16.4. The molecule has 0 spiro atoms. The normalized spacial score (nSPS) is 16.4. The maximum absolute atomic E-state index is 13.1. The lowest BCUT2D eigenvalue weighted by molar-refractivity contribution is -0.145. The molecule has 1 aromatic heterocycles. The standard InChI is InChI=1S/C20H35N7O7/c1-10(28)15(22)19(32)26-14(7-12-8-23-9-24-12)18(31)25-13(5-3-4-6-21)17(30)27-16(11(2)29)20(33)34/h8-11,13-16,28-29H,3-7,21-22H2,1-2H3,(H,23,24)(H,25,31)(H,26,32)(H,27,30)(H,33,34). The van der Waals surface area contributed by atoms with E-state index in [0.717, 1.165) is 0 Å². The maximum atomic E-state index is 13.1. The summed E-state index contributed by atoms with van der Waals surface area (Å²) >= 11 is 0. The molecular weight excluding hydrogens is 450 g/mol. The number of carboxylic acid groups (broad SMARTS) is 1. The minimum Gasteiger partial charge on any atom is -0.480 e. The number of aliphatic hydroxyl groups excluding tert-OH is 2. The molecule has 11 N–H and O–H groups in total.